The first-order valence-electron chi connectivity index (χ1n) is 9.33. The maximum Gasteiger partial charge on any atom is 0.244 e. The lowest BCUT2D eigenvalue weighted by Crippen LogP contribution is -2.40. The van der Waals surface area contributed by atoms with E-state index in [2.05, 4.69) is 5.32 Å². The third kappa shape index (κ3) is 6.14. The van der Waals surface area contributed by atoms with Gasteiger partial charge in [0.25, 0.3) is 0 Å². The van der Waals surface area contributed by atoms with Crippen molar-refractivity contribution >= 4 is 33.6 Å². The van der Waals surface area contributed by atoms with Crippen molar-refractivity contribution in [1.82, 2.24) is 9.62 Å². The fourth-order valence-electron chi connectivity index (χ4n) is 2.90. The molecule has 8 heteroatoms. The van der Waals surface area contributed by atoms with Crippen molar-refractivity contribution in [3.05, 3.63) is 70.8 Å². The van der Waals surface area contributed by atoms with Crippen LogP contribution in [0.5, 0.6) is 0 Å². The Kier molecular flexibility index (Phi) is 7.44. The standard InChI is InChI=1S/C21H23ClN2O4S/c22-19-6-1-17(2-7-19)5-10-21(25)23-12-11-18-3-8-20(9-4-18)29(26,27)24-13-15-28-16-14-24/h1-10H,11-16H2,(H,23,25)/b10-5+. The van der Waals surface area contributed by atoms with Crippen molar-refractivity contribution in [2.75, 3.05) is 32.8 Å². The summed E-state index contributed by atoms with van der Waals surface area (Å²) in [4.78, 5) is 12.2. The molecule has 1 fully saturated rings. The topological polar surface area (TPSA) is 75.7 Å². The van der Waals surface area contributed by atoms with E-state index in [1.807, 2.05) is 12.1 Å². The molecule has 0 unspecified atom stereocenters. The predicted molar refractivity (Wildman–Crippen MR) is 113 cm³/mol. The number of morpholine rings is 1. The Hall–Kier alpha value is -2.19. The van der Waals surface area contributed by atoms with Gasteiger partial charge in [0.2, 0.25) is 15.9 Å². The van der Waals surface area contributed by atoms with Crippen LogP contribution in [0.1, 0.15) is 11.1 Å². The molecule has 154 valence electrons. The van der Waals surface area contributed by atoms with Gasteiger partial charge in [-0.1, -0.05) is 35.9 Å². The lowest BCUT2D eigenvalue weighted by atomic mass is 10.1. The van der Waals surface area contributed by atoms with E-state index >= 15 is 0 Å². The Morgan fingerprint density at radius 1 is 1.07 bits per heavy atom. The fourth-order valence-corrected chi connectivity index (χ4v) is 4.43. The van der Waals surface area contributed by atoms with Crippen LogP contribution < -0.4 is 5.32 Å². The Labute approximate surface area is 176 Å². The van der Waals surface area contributed by atoms with E-state index in [9.17, 15) is 13.2 Å². The largest absolute Gasteiger partial charge is 0.379 e. The van der Waals surface area contributed by atoms with Gasteiger partial charge in [-0.15, -0.1) is 0 Å². The summed E-state index contributed by atoms with van der Waals surface area (Å²) in [6.45, 7) is 2.05. The first kappa shape index (κ1) is 21.5. The molecular weight excluding hydrogens is 412 g/mol. The van der Waals surface area contributed by atoms with Gasteiger partial charge in [0.1, 0.15) is 0 Å². The Balaban J connectivity index is 1.48. The minimum Gasteiger partial charge on any atom is -0.379 e. The van der Waals surface area contributed by atoms with Gasteiger partial charge in [-0.2, -0.15) is 4.31 Å². The number of amides is 1. The maximum atomic E-state index is 12.6. The SMILES string of the molecule is O=C(/C=C/c1ccc(Cl)cc1)NCCc1ccc(S(=O)(=O)N2CCOCC2)cc1. The van der Waals surface area contributed by atoms with Crippen LogP contribution in [0, 0.1) is 0 Å². The highest BCUT2D eigenvalue weighted by Crippen LogP contribution is 2.18. The molecule has 2 aromatic carbocycles. The number of nitrogens with one attached hydrogen (secondary N) is 1. The molecule has 1 saturated heterocycles. The second kappa shape index (κ2) is 10.0. The zero-order valence-electron chi connectivity index (χ0n) is 15.9. The van der Waals surface area contributed by atoms with Crippen LogP contribution in [-0.2, 0) is 26.0 Å². The van der Waals surface area contributed by atoms with Gasteiger partial charge in [0, 0.05) is 30.7 Å². The van der Waals surface area contributed by atoms with Crippen LogP contribution in [0.25, 0.3) is 6.08 Å². The van der Waals surface area contributed by atoms with E-state index in [-0.39, 0.29) is 10.8 Å². The summed E-state index contributed by atoms with van der Waals surface area (Å²) in [5, 5.41) is 3.47. The van der Waals surface area contributed by atoms with E-state index < -0.39 is 10.0 Å². The molecular formula is C21H23ClN2O4S. The summed E-state index contributed by atoms with van der Waals surface area (Å²) < 4.78 is 31.9. The summed E-state index contributed by atoms with van der Waals surface area (Å²) in [5.41, 5.74) is 1.84. The molecule has 1 heterocycles. The smallest absolute Gasteiger partial charge is 0.244 e. The van der Waals surface area contributed by atoms with Gasteiger partial charge in [-0.3, -0.25) is 4.79 Å². The van der Waals surface area contributed by atoms with E-state index in [1.54, 1.807) is 42.5 Å². The van der Waals surface area contributed by atoms with Crippen molar-refractivity contribution in [3.63, 3.8) is 0 Å². The number of benzene rings is 2. The molecule has 0 saturated carbocycles. The summed E-state index contributed by atoms with van der Waals surface area (Å²) in [6.07, 6.45) is 3.80. The number of hydrogen-bond donors (Lipinski definition) is 1. The summed E-state index contributed by atoms with van der Waals surface area (Å²) in [6, 6.07) is 14.0. The molecule has 6 nitrogen and oxygen atoms in total. The molecule has 1 amide bonds. The second-order valence-electron chi connectivity index (χ2n) is 6.59. The maximum absolute atomic E-state index is 12.6. The lowest BCUT2D eigenvalue weighted by molar-refractivity contribution is -0.116. The predicted octanol–water partition coefficient (Wildman–Crippen LogP) is 2.73. The first-order valence-corrected chi connectivity index (χ1v) is 11.2. The van der Waals surface area contributed by atoms with Crippen LogP contribution in [-0.4, -0.2) is 51.5 Å². The van der Waals surface area contributed by atoms with Crippen LogP contribution in [0.3, 0.4) is 0 Å². The van der Waals surface area contributed by atoms with Crippen molar-refractivity contribution < 1.29 is 17.9 Å². The van der Waals surface area contributed by atoms with Gasteiger partial charge in [-0.25, -0.2) is 8.42 Å². The molecule has 0 aromatic heterocycles. The van der Waals surface area contributed by atoms with Gasteiger partial charge in [0.05, 0.1) is 18.1 Å². The molecule has 0 spiro atoms. The highest BCUT2D eigenvalue weighted by Gasteiger charge is 2.25. The lowest BCUT2D eigenvalue weighted by Gasteiger charge is -2.26. The quantitative estimate of drug-likeness (QED) is 0.680. The summed E-state index contributed by atoms with van der Waals surface area (Å²) in [7, 11) is -3.48. The molecule has 0 radical (unpaired) electrons. The number of nitrogens with zero attached hydrogens (tertiary/aromatic N) is 1. The molecule has 0 atom stereocenters. The molecule has 2 aromatic rings. The van der Waals surface area contributed by atoms with Crippen LogP contribution in [0.4, 0.5) is 0 Å². The van der Waals surface area contributed by atoms with Crippen molar-refractivity contribution in [1.29, 1.82) is 0 Å². The molecule has 0 bridgehead atoms. The molecule has 29 heavy (non-hydrogen) atoms. The van der Waals surface area contributed by atoms with E-state index in [4.69, 9.17) is 16.3 Å². The summed E-state index contributed by atoms with van der Waals surface area (Å²) in [5.74, 6) is -0.188. The van der Waals surface area contributed by atoms with Crippen molar-refractivity contribution in [2.24, 2.45) is 0 Å². The van der Waals surface area contributed by atoms with Crippen LogP contribution in [0.2, 0.25) is 5.02 Å². The minimum atomic E-state index is -3.48. The number of carbonyl (C=O) groups is 1. The second-order valence-corrected chi connectivity index (χ2v) is 8.96. The van der Waals surface area contributed by atoms with Crippen LogP contribution >= 0.6 is 11.6 Å². The van der Waals surface area contributed by atoms with Crippen molar-refractivity contribution in [3.8, 4) is 0 Å². The number of carbonyl (C=O) groups excluding carboxylic acids is 1. The van der Waals surface area contributed by atoms with E-state index in [0.717, 1.165) is 11.1 Å². The van der Waals surface area contributed by atoms with Crippen LogP contribution in [0.15, 0.2) is 59.5 Å². The Morgan fingerprint density at radius 2 is 1.72 bits per heavy atom. The number of hydrogen-bond acceptors (Lipinski definition) is 4. The van der Waals surface area contributed by atoms with Gasteiger partial charge >= 0.3 is 0 Å². The third-order valence-electron chi connectivity index (χ3n) is 4.54. The normalized spacial score (nSPS) is 15.5. The van der Waals surface area contributed by atoms with Crippen molar-refractivity contribution in [2.45, 2.75) is 11.3 Å². The monoisotopic (exact) mass is 434 g/mol. The summed E-state index contributed by atoms with van der Waals surface area (Å²) >= 11 is 5.83. The zero-order valence-corrected chi connectivity index (χ0v) is 17.5. The molecule has 0 aliphatic carbocycles. The molecule has 3 rings (SSSR count). The number of rotatable bonds is 7. The minimum absolute atomic E-state index is 0.188. The van der Waals surface area contributed by atoms with Gasteiger partial charge in [-0.05, 0) is 47.9 Å². The molecule has 1 aliphatic rings. The average Bonchev–Trinajstić information content (AvgIpc) is 2.74. The first-order chi connectivity index (χ1) is 13.9. The fraction of sp³-hybridized carbons (Fsp3) is 0.286. The highest BCUT2D eigenvalue weighted by atomic mass is 35.5. The van der Waals surface area contributed by atoms with Gasteiger partial charge in [0.15, 0.2) is 0 Å². The van der Waals surface area contributed by atoms with E-state index in [1.165, 1.54) is 10.4 Å². The Morgan fingerprint density at radius 3 is 2.38 bits per heavy atom. The molecule has 1 aliphatic heterocycles. The van der Waals surface area contributed by atoms with E-state index in [0.29, 0.717) is 44.3 Å². The van der Waals surface area contributed by atoms with Gasteiger partial charge < -0.3 is 10.1 Å². The zero-order chi connectivity index (χ0) is 20.7. The highest BCUT2D eigenvalue weighted by molar-refractivity contribution is 7.89. The number of halogens is 1. The number of sulfonamides is 1. The third-order valence-corrected chi connectivity index (χ3v) is 6.71. The number of ether oxygens (including phenoxy) is 1. The average molecular weight is 435 g/mol. The Bertz CT molecular complexity index is 951. The molecule has 1 N–H and O–H groups in total.